The van der Waals surface area contributed by atoms with Crippen molar-refractivity contribution in [3.05, 3.63) is 34.3 Å². The van der Waals surface area contributed by atoms with Gasteiger partial charge in [0.2, 0.25) is 0 Å². The molecule has 0 aliphatic heterocycles. The molecule has 108 valence electrons. The van der Waals surface area contributed by atoms with E-state index in [1.165, 1.54) is 12.0 Å². The zero-order chi connectivity index (χ0) is 14.3. The van der Waals surface area contributed by atoms with Crippen LogP contribution in [0.4, 0.5) is 0 Å². The Labute approximate surface area is 126 Å². The summed E-state index contributed by atoms with van der Waals surface area (Å²) in [5.41, 5.74) is 1.39. The Morgan fingerprint density at radius 1 is 1.21 bits per heavy atom. The minimum absolute atomic E-state index is 0.520. The molecule has 1 rings (SSSR count). The van der Waals surface area contributed by atoms with E-state index < -0.39 is 0 Å². The average molecular weight is 327 g/mol. The molecule has 2 atom stereocenters. The second-order valence-corrected chi connectivity index (χ2v) is 6.34. The van der Waals surface area contributed by atoms with Crippen molar-refractivity contribution in [2.24, 2.45) is 0 Å². The summed E-state index contributed by atoms with van der Waals surface area (Å²) in [6, 6.07) is 9.79. The van der Waals surface area contributed by atoms with Crippen LogP contribution < -0.4 is 5.32 Å². The lowest BCUT2D eigenvalue weighted by molar-refractivity contribution is 0.249. The molecular weight excluding hydrogens is 300 g/mol. The number of nitrogens with one attached hydrogen (secondary N) is 1. The number of benzene rings is 1. The molecule has 0 fully saturated rings. The van der Waals surface area contributed by atoms with Gasteiger partial charge in [-0.1, -0.05) is 35.0 Å². The molecule has 1 aromatic rings. The quantitative estimate of drug-likeness (QED) is 0.783. The molecular formula is C16H27BrN2. The van der Waals surface area contributed by atoms with Gasteiger partial charge in [-0.05, 0) is 51.4 Å². The average Bonchev–Trinajstić information content (AvgIpc) is 2.40. The first-order valence-corrected chi connectivity index (χ1v) is 8.00. The van der Waals surface area contributed by atoms with Gasteiger partial charge in [-0.3, -0.25) is 0 Å². The van der Waals surface area contributed by atoms with Crippen molar-refractivity contribution in [2.45, 2.75) is 45.7 Å². The molecule has 3 heteroatoms. The van der Waals surface area contributed by atoms with Crippen LogP contribution in [0.15, 0.2) is 28.7 Å². The van der Waals surface area contributed by atoms with Crippen molar-refractivity contribution in [1.29, 1.82) is 0 Å². The molecule has 0 saturated carbocycles. The van der Waals surface area contributed by atoms with Crippen LogP contribution >= 0.6 is 15.9 Å². The van der Waals surface area contributed by atoms with Crippen LogP contribution in [-0.2, 0) is 6.42 Å². The second-order valence-electron chi connectivity index (χ2n) is 5.42. The van der Waals surface area contributed by atoms with Gasteiger partial charge >= 0.3 is 0 Å². The fourth-order valence-corrected chi connectivity index (χ4v) is 2.33. The predicted octanol–water partition coefficient (Wildman–Crippen LogP) is 3.70. The van der Waals surface area contributed by atoms with Crippen LogP contribution in [-0.4, -0.2) is 37.1 Å². The van der Waals surface area contributed by atoms with Crippen molar-refractivity contribution in [3.63, 3.8) is 0 Å². The Balaban J connectivity index is 2.24. The Morgan fingerprint density at radius 3 is 2.42 bits per heavy atom. The predicted molar refractivity (Wildman–Crippen MR) is 87.7 cm³/mol. The monoisotopic (exact) mass is 326 g/mol. The van der Waals surface area contributed by atoms with E-state index >= 15 is 0 Å². The number of hydrogen-bond acceptors (Lipinski definition) is 2. The molecule has 0 spiro atoms. The Morgan fingerprint density at radius 2 is 1.84 bits per heavy atom. The number of likely N-dealkylation sites (N-methyl/N-ethyl adjacent to an activating group) is 1. The summed E-state index contributed by atoms with van der Waals surface area (Å²) in [6.07, 6.45) is 2.30. The van der Waals surface area contributed by atoms with Crippen molar-refractivity contribution in [3.8, 4) is 0 Å². The fourth-order valence-electron chi connectivity index (χ4n) is 2.07. The summed E-state index contributed by atoms with van der Waals surface area (Å²) in [4.78, 5) is 2.42. The van der Waals surface area contributed by atoms with E-state index in [0.717, 1.165) is 24.0 Å². The SMILES string of the molecule is CCC(C)N(C)CCNC(C)Cc1ccc(Br)cc1. The molecule has 0 amide bonds. The zero-order valence-electron chi connectivity index (χ0n) is 12.6. The normalized spacial score (nSPS) is 14.6. The fraction of sp³-hybridized carbons (Fsp3) is 0.625. The van der Waals surface area contributed by atoms with E-state index in [1.807, 2.05) is 0 Å². The summed E-state index contributed by atoms with van der Waals surface area (Å²) < 4.78 is 1.15. The molecule has 0 radical (unpaired) electrons. The van der Waals surface area contributed by atoms with Crippen LogP contribution in [0.1, 0.15) is 32.8 Å². The molecule has 1 aromatic carbocycles. The second kappa shape index (κ2) is 8.72. The largest absolute Gasteiger partial charge is 0.313 e. The lowest BCUT2D eigenvalue weighted by Crippen LogP contribution is -2.38. The molecule has 2 nitrogen and oxygen atoms in total. The molecule has 19 heavy (non-hydrogen) atoms. The standard InChI is InChI=1S/C16H27BrN2/c1-5-14(3)19(4)11-10-18-13(2)12-15-6-8-16(17)9-7-15/h6-9,13-14,18H,5,10-12H2,1-4H3. The van der Waals surface area contributed by atoms with Gasteiger partial charge in [0.15, 0.2) is 0 Å². The highest BCUT2D eigenvalue weighted by atomic mass is 79.9. The summed E-state index contributed by atoms with van der Waals surface area (Å²) in [5.74, 6) is 0. The maximum atomic E-state index is 3.60. The maximum absolute atomic E-state index is 3.60. The minimum atomic E-state index is 0.520. The Kier molecular flexibility index (Phi) is 7.66. The van der Waals surface area contributed by atoms with E-state index in [4.69, 9.17) is 0 Å². The van der Waals surface area contributed by atoms with Crippen LogP contribution in [0.2, 0.25) is 0 Å². The topological polar surface area (TPSA) is 15.3 Å². The van der Waals surface area contributed by atoms with Crippen molar-refractivity contribution < 1.29 is 0 Å². The van der Waals surface area contributed by atoms with Gasteiger partial charge < -0.3 is 10.2 Å². The number of rotatable bonds is 8. The van der Waals surface area contributed by atoms with Gasteiger partial charge in [-0.25, -0.2) is 0 Å². The first-order valence-electron chi connectivity index (χ1n) is 7.21. The lowest BCUT2D eigenvalue weighted by Gasteiger charge is -2.24. The van der Waals surface area contributed by atoms with E-state index in [9.17, 15) is 0 Å². The van der Waals surface area contributed by atoms with Gasteiger partial charge in [0.25, 0.3) is 0 Å². The van der Waals surface area contributed by atoms with Gasteiger partial charge in [-0.15, -0.1) is 0 Å². The molecule has 2 unspecified atom stereocenters. The first-order chi connectivity index (χ1) is 9.02. The van der Waals surface area contributed by atoms with Crippen molar-refractivity contribution in [2.75, 3.05) is 20.1 Å². The number of nitrogens with zero attached hydrogens (tertiary/aromatic N) is 1. The van der Waals surface area contributed by atoms with E-state index in [1.54, 1.807) is 0 Å². The van der Waals surface area contributed by atoms with E-state index in [2.05, 4.69) is 78.2 Å². The summed E-state index contributed by atoms with van der Waals surface area (Å²) in [7, 11) is 2.20. The smallest absolute Gasteiger partial charge is 0.0175 e. The van der Waals surface area contributed by atoms with Crippen LogP contribution in [0.5, 0.6) is 0 Å². The molecule has 0 aliphatic carbocycles. The maximum Gasteiger partial charge on any atom is 0.0175 e. The Hall–Kier alpha value is -0.380. The summed E-state index contributed by atoms with van der Waals surface area (Å²) in [5, 5.41) is 3.60. The van der Waals surface area contributed by atoms with Crippen LogP contribution in [0.3, 0.4) is 0 Å². The highest BCUT2D eigenvalue weighted by Crippen LogP contribution is 2.11. The molecule has 0 bridgehead atoms. The third-order valence-electron chi connectivity index (χ3n) is 3.76. The third-order valence-corrected chi connectivity index (χ3v) is 4.28. The lowest BCUT2D eigenvalue weighted by atomic mass is 10.1. The van der Waals surface area contributed by atoms with Crippen LogP contribution in [0.25, 0.3) is 0 Å². The van der Waals surface area contributed by atoms with Gasteiger partial charge in [-0.2, -0.15) is 0 Å². The number of halogens is 1. The van der Waals surface area contributed by atoms with Crippen molar-refractivity contribution >= 4 is 15.9 Å². The summed E-state index contributed by atoms with van der Waals surface area (Å²) in [6.45, 7) is 8.94. The van der Waals surface area contributed by atoms with Gasteiger partial charge in [0, 0.05) is 29.6 Å². The van der Waals surface area contributed by atoms with Crippen LogP contribution in [0, 0.1) is 0 Å². The zero-order valence-corrected chi connectivity index (χ0v) is 14.2. The molecule has 1 N–H and O–H groups in total. The molecule has 0 aromatic heterocycles. The minimum Gasteiger partial charge on any atom is -0.313 e. The first kappa shape index (κ1) is 16.7. The Bertz CT molecular complexity index is 350. The highest BCUT2D eigenvalue weighted by molar-refractivity contribution is 9.10. The highest BCUT2D eigenvalue weighted by Gasteiger charge is 2.07. The molecule has 0 heterocycles. The van der Waals surface area contributed by atoms with E-state index in [-0.39, 0.29) is 0 Å². The number of hydrogen-bond donors (Lipinski definition) is 1. The van der Waals surface area contributed by atoms with E-state index in [0.29, 0.717) is 12.1 Å². The van der Waals surface area contributed by atoms with Gasteiger partial charge in [0.1, 0.15) is 0 Å². The van der Waals surface area contributed by atoms with Crippen molar-refractivity contribution in [1.82, 2.24) is 10.2 Å². The molecule has 0 aliphatic rings. The molecule has 0 saturated heterocycles. The third kappa shape index (κ3) is 6.55. The summed E-state index contributed by atoms with van der Waals surface area (Å²) >= 11 is 3.47. The van der Waals surface area contributed by atoms with Gasteiger partial charge in [0.05, 0.1) is 0 Å².